The molecule has 2 aromatic rings. The van der Waals surface area contributed by atoms with Gasteiger partial charge in [0.1, 0.15) is 24.0 Å². The zero-order valence-corrected chi connectivity index (χ0v) is 11.4. The predicted octanol–water partition coefficient (Wildman–Crippen LogP) is 2.29. The van der Waals surface area contributed by atoms with E-state index in [2.05, 4.69) is 21.4 Å². The van der Waals surface area contributed by atoms with Crippen molar-refractivity contribution in [2.45, 2.75) is 19.4 Å². The highest BCUT2D eigenvalue weighted by atomic mass is 16.5. The highest BCUT2D eigenvalue weighted by molar-refractivity contribution is 5.40. The average Bonchev–Trinajstić information content (AvgIpc) is 2.89. The lowest BCUT2D eigenvalue weighted by Crippen LogP contribution is -2.24. The SMILES string of the molecule is CCOc1cc(NCC2Cc3ccccc3O2)ncn1. The van der Waals surface area contributed by atoms with Crippen LogP contribution in [0, 0.1) is 0 Å². The molecule has 20 heavy (non-hydrogen) atoms. The molecule has 0 amide bonds. The Morgan fingerprint density at radius 2 is 2.25 bits per heavy atom. The number of benzene rings is 1. The van der Waals surface area contributed by atoms with E-state index in [9.17, 15) is 0 Å². The molecule has 104 valence electrons. The highest BCUT2D eigenvalue weighted by Crippen LogP contribution is 2.28. The van der Waals surface area contributed by atoms with Crippen molar-refractivity contribution in [1.82, 2.24) is 9.97 Å². The van der Waals surface area contributed by atoms with Gasteiger partial charge in [-0.1, -0.05) is 18.2 Å². The summed E-state index contributed by atoms with van der Waals surface area (Å²) in [5, 5.41) is 3.26. The first-order chi connectivity index (χ1) is 9.85. The van der Waals surface area contributed by atoms with Gasteiger partial charge in [0.15, 0.2) is 0 Å². The third-order valence-corrected chi connectivity index (χ3v) is 3.16. The van der Waals surface area contributed by atoms with Crippen molar-refractivity contribution in [3.63, 3.8) is 0 Å². The fraction of sp³-hybridized carbons (Fsp3) is 0.333. The minimum atomic E-state index is 0.137. The molecule has 1 aliphatic rings. The molecular weight excluding hydrogens is 254 g/mol. The Bertz CT molecular complexity index is 564. The molecule has 1 aliphatic heterocycles. The molecule has 1 aromatic carbocycles. The summed E-state index contributed by atoms with van der Waals surface area (Å²) in [6.07, 6.45) is 2.56. The number of nitrogens with one attached hydrogen (secondary N) is 1. The van der Waals surface area contributed by atoms with E-state index < -0.39 is 0 Å². The molecule has 0 bridgehead atoms. The van der Waals surface area contributed by atoms with E-state index in [-0.39, 0.29) is 6.10 Å². The lowest BCUT2D eigenvalue weighted by atomic mass is 10.1. The topological polar surface area (TPSA) is 56.3 Å². The molecule has 1 N–H and O–H groups in total. The molecule has 0 saturated heterocycles. The molecule has 0 aliphatic carbocycles. The first-order valence-corrected chi connectivity index (χ1v) is 6.78. The van der Waals surface area contributed by atoms with Crippen LogP contribution < -0.4 is 14.8 Å². The zero-order chi connectivity index (χ0) is 13.8. The van der Waals surface area contributed by atoms with Gasteiger partial charge in [-0.05, 0) is 18.6 Å². The van der Waals surface area contributed by atoms with Crippen LogP contribution in [-0.2, 0) is 6.42 Å². The van der Waals surface area contributed by atoms with Crippen LogP contribution in [0.4, 0.5) is 5.82 Å². The van der Waals surface area contributed by atoms with Crippen molar-refractivity contribution in [1.29, 1.82) is 0 Å². The Morgan fingerprint density at radius 1 is 1.35 bits per heavy atom. The molecule has 1 unspecified atom stereocenters. The van der Waals surface area contributed by atoms with Crippen LogP contribution in [0.3, 0.4) is 0 Å². The first-order valence-electron chi connectivity index (χ1n) is 6.78. The van der Waals surface area contributed by atoms with Gasteiger partial charge in [0.2, 0.25) is 5.88 Å². The van der Waals surface area contributed by atoms with Crippen LogP contribution in [0.25, 0.3) is 0 Å². The van der Waals surface area contributed by atoms with Crippen molar-refractivity contribution in [3.05, 3.63) is 42.2 Å². The Morgan fingerprint density at radius 3 is 3.10 bits per heavy atom. The maximum Gasteiger partial charge on any atom is 0.218 e. The summed E-state index contributed by atoms with van der Waals surface area (Å²) >= 11 is 0. The monoisotopic (exact) mass is 271 g/mol. The normalized spacial score (nSPS) is 16.4. The largest absolute Gasteiger partial charge is 0.488 e. The van der Waals surface area contributed by atoms with E-state index in [1.165, 1.54) is 11.9 Å². The minimum absolute atomic E-state index is 0.137. The van der Waals surface area contributed by atoms with Crippen molar-refractivity contribution in [2.24, 2.45) is 0 Å². The number of fused-ring (bicyclic) bond motifs is 1. The van der Waals surface area contributed by atoms with Gasteiger partial charge >= 0.3 is 0 Å². The minimum Gasteiger partial charge on any atom is -0.488 e. The smallest absolute Gasteiger partial charge is 0.218 e. The maximum absolute atomic E-state index is 5.87. The molecule has 1 aromatic heterocycles. The third-order valence-electron chi connectivity index (χ3n) is 3.16. The fourth-order valence-electron chi connectivity index (χ4n) is 2.25. The Hall–Kier alpha value is -2.30. The van der Waals surface area contributed by atoms with Gasteiger partial charge in [-0.3, -0.25) is 0 Å². The number of aromatic nitrogens is 2. The van der Waals surface area contributed by atoms with Gasteiger partial charge < -0.3 is 14.8 Å². The molecule has 3 rings (SSSR count). The quantitative estimate of drug-likeness (QED) is 0.904. The zero-order valence-electron chi connectivity index (χ0n) is 11.4. The number of anilines is 1. The van der Waals surface area contributed by atoms with Gasteiger partial charge in [-0.15, -0.1) is 0 Å². The first kappa shape index (κ1) is 12.7. The second kappa shape index (κ2) is 5.77. The lowest BCUT2D eigenvalue weighted by molar-refractivity contribution is 0.246. The number of hydrogen-bond donors (Lipinski definition) is 1. The Kier molecular flexibility index (Phi) is 3.67. The van der Waals surface area contributed by atoms with Gasteiger partial charge in [0, 0.05) is 12.5 Å². The second-order valence-electron chi connectivity index (χ2n) is 4.61. The standard InChI is InChI=1S/C15H17N3O2/c1-2-19-15-8-14(17-10-18-15)16-9-12-7-11-5-3-4-6-13(11)20-12/h3-6,8,10,12H,2,7,9H2,1H3,(H,16,17,18). The van der Waals surface area contributed by atoms with Gasteiger partial charge in [-0.2, -0.15) is 0 Å². The summed E-state index contributed by atoms with van der Waals surface area (Å²) < 4.78 is 11.2. The van der Waals surface area contributed by atoms with Crippen LogP contribution in [0.15, 0.2) is 36.7 Å². The van der Waals surface area contributed by atoms with E-state index in [1.54, 1.807) is 6.07 Å². The fourth-order valence-corrected chi connectivity index (χ4v) is 2.25. The van der Waals surface area contributed by atoms with Gasteiger partial charge in [0.25, 0.3) is 0 Å². The van der Waals surface area contributed by atoms with Crippen LogP contribution >= 0.6 is 0 Å². The summed E-state index contributed by atoms with van der Waals surface area (Å²) in [5.74, 6) is 2.32. The van der Waals surface area contributed by atoms with Crippen LogP contribution in [0.5, 0.6) is 11.6 Å². The van der Waals surface area contributed by atoms with Crippen LogP contribution in [0.1, 0.15) is 12.5 Å². The summed E-state index contributed by atoms with van der Waals surface area (Å²) in [4.78, 5) is 8.21. The van der Waals surface area contributed by atoms with E-state index in [1.807, 2.05) is 25.1 Å². The molecule has 5 nitrogen and oxygen atoms in total. The van der Waals surface area contributed by atoms with Crippen molar-refractivity contribution in [2.75, 3.05) is 18.5 Å². The number of hydrogen-bond acceptors (Lipinski definition) is 5. The predicted molar refractivity (Wildman–Crippen MR) is 76.3 cm³/mol. The van der Waals surface area contributed by atoms with E-state index in [0.717, 1.165) is 18.0 Å². The summed E-state index contributed by atoms with van der Waals surface area (Å²) in [6.45, 7) is 3.23. The average molecular weight is 271 g/mol. The van der Waals surface area contributed by atoms with E-state index in [0.29, 0.717) is 19.0 Å². The second-order valence-corrected chi connectivity index (χ2v) is 4.61. The molecular formula is C15H17N3O2. The number of rotatable bonds is 5. The Labute approximate surface area is 118 Å². The van der Waals surface area contributed by atoms with Crippen LogP contribution in [0.2, 0.25) is 0 Å². The van der Waals surface area contributed by atoms with Crippen molar-refractivity contribution < 1.29 is 9.47 Å². The summed E-state index contributed by atoms with van der Waals surface area (Å²) in [5.41, 5.74) is 1.26. The molecule has 5 heteroatoms. The Balaban J connectivity index is 1.57. The van der Waals surface area contributed by atoms with E-state index >= 15 is 0 Å². The maximum atomic E-state index is 5.87. The molecule has 1 atom stereocenters. The number of para-hydroxylation sites is 1. The summed E-state index contributed by atoms with van der Waals surface area (Å²) in [7, 11) is 0. The number of nitrogens with zero attached hydrogens (tertiary/aromatic N) is 2. The molecule has 2 heterocycles. The molecule has 0 saturated carbocycles. The number of ether oxygens (including phenoxy) is 2. The van der Waals surface area contributed by atoms with Crippen LogP contribution in [-0.4, -0.2) is 29.2 Å². The van der Waals surface area contributed by atoms with E-state index in [4.69, 9.17) is 9.47 Å². The van der Waals surface area contributed by atoms with Crippen molar-refractivity contribution in [3.8, 4) is 11.6 Å². The van der Waals surface area contributed by atoms with Gasteiger partial charge in [-0.25, -0.2) is 9.97 Å². The lowest BCUT2D eigenvalue weighted by Gasteiger charge is -2.12. The molecule has 0 fully saturated rings. The highest BCUT2D eigenvalue weighted by Gasteiger charge is 2.21. The summed E-state index contributed by atoms with van der Waals surface area (Å²) in [6, 6.07) is 9.94. The van der Waals surface area contributed by atoms with Gasteiger partial charge in [0.05, 0.1) is 13.2 Å². The van der Waals surface area contributed by atoms with Crippen molar-refractivity contribution >= 4 is 5.82 Å². The molecule has 0 radical (unpaired) electrons. The third kappa shape index (κ3) is 2.82. The molecule has 0 spiro atoms.